The van der Waals surface area contributed by atoms with Crippen molar-refractivity contribution in [3.8, 4) is 0 Å². The minimum absolute atomic E-state index is 0. The molecule has 0 heterocycles. The summed E-state index contributed by atoms with van der Waals surface area (Å²) in [6.07, 6.45) is 10.0. The number of nitrogens with one attached hydrogen (secondary N) is 3. The number of aliphatic imine (C=N–C) groups is 1. The van der Waals surface area contributed by atoms with Crippen molar-refractivity contribution < 1.29 is 4.79 Å². The largest absolute Gasteiger partial charge is 0.356 e. The van der Waals surface area contributed by atoms with Gasteiger partial charge < -0.3 is 16.0 Å². The van der Waals surface area contributed by atoms with Crippen molar-refractivity contribution in [2.75, 3.05) is 18.9 Å². The summed E-state index contributed by atoms with van der Waals surface area (Å²) in [5.41, 5.74) is 3.56. The Balaban J connectivity index is 0.00000364. The van der Waals surface area contributed by atoms with E-state index in [2.05, 4.69) is 27.0 Å². The molecule has 3 N–H and O–H groups in total. The SMILES string of the molecule is CCCC(=O)Nc1ccc(CNC(=NC)NCCC2=CCCCC2)cc1.I. The molecule has 1 aliphatic carbocycles. The van der Waals surface area contributed by atoms with Gasteiger partial charge in [-0.25, -0.2) is 0 Å². The summed E-state index contributed by atoms with van der Waals surface area (Å²) in [5, 5.41) is 9.62. The second-order valence-corrected chi connectivity index (χ2v) is 6.71. The summed E-state index contributed by atoms with van der Waals surface area (Å²) >= 11 is 0. The smallest absolute Gasteiger partial charge is 0.224 e. The van der Waals surface area contributed by atoms with Crippen LogP contribution in [0.15, 0.2) is 40.9 Å². The molecule has 1 aromatic rings. The lowest BCUT2D eigenvalue weighted by Crippen LogP contribution is -2.37. The average Bonchev–Trinajstić information content (AvgIpc) is 2.66. The van der Waals surface area contributed by atoms with E-state index in [0.717, 1.165) is 36.6 Å². The molecule has 0 unspecified atom stereocenters. The number of nitrogens with zero attached hydrogens (tertiary/aromatic N) is 1. The van der Waals surface area contributed by atoms with Crippen molar-refractivity contribution in [1.82, 2.24) is 10.6 Å². The predicted octanol–water partition coefficient (Wildman–Crippen LogP) is 4.60. The van der Waals surface area contributed by atoms with E-state index in [-0.39, 0.29) is 29.9 Å². The molecule has 0 bridgehead atoms. The number of amides is 1. The van der Waals surface area contributed by atoms with Crippen LogP contribution in [-0.4, -0.2) is 25.5 Å². The Kier molecular flexibility index (Phi) is 11.8. The van der Waals surface area contributed by atoms with Gasteiger partial charge >= 0.3 is 0 Å². The molecule has 0 saturated heterocycles. The quantitative estimate of drug-likeness (QED) is 0.219. The Morgan fingerprint density at radius 2 is 1.93 bits per heavy atom. The van der Waals surface area contributed by atoms with Crippen LogP contribution in [-0.2, 0) is 11.3 Å². The second-order valence-electron chi connectivity index (χ2n) is 6.71. The first kappa shape index (κ1) is 23.5. The van der Waals surface area contributed by atoms with Gasteiger partial charge in [-0.2, -0.15) is 0 Å². The van der Waals surface area contributed by atoms with Gasteiger partial charge in [-0.3, -0.25) is 9.79 Å². The maximum atomic E-state index is 11.6. The fourth-order valence-corrected chi connectivity index (χ4v) is 3.04. The fourth-order valence-electron chi connectivity index (χ4n) is 3.04. The zero-order valence-electron chi connectivity index (χ0n) is 16.5. The van der Waals surface area contributed by atoms with Crippen LogP contribution in [0.1, 0.15) is 57.4 Å². The molecule has 0 saturated carbocycles. The van der Waals surface area contributed by atoms with E-state index in [1.807, 2.05) is 31.2 Å². The molecule has 0 aliphatic heterocycles. The van der Waals surface area contributed by atoms with Crippen molar-refractivity contribution >= 4 is 41.5 Å². The number of hydrogen-bond donors (Lipinski definition) is 3. The highest BCUT2D eigenvalue weighted by Gasteiger charge is 2.05. The third-order valence-electron chi connectivity index (χ3n) is 4.52. The van der Waals surface area contributed by atoms with Crippen molar-refractivity contribution in [2.45, 2.75) is 58.4 Å². The minimum Gasteiger partial charge on any atom is -0.356 e. The lowest BCUT2D eigenvalue weighted by molar-refractivity contribution is -0.116. The first-order chi connectivity index (χ1) is 12.7. The number of allylic oxidation sites excluding steroid dienone is 1. The van der Waals surface area contributed by atoms with Gasteiger partial charge in [0, 0.05) is 32.2 Å². The molecule has 6 heteroatoms. The summed E-state index contributed by atoms with van der Waals surface area (Å²) in [6, 6.07) is 7.93. The number of carbonyl (C=O) groups excluding carboxylic acids is 1. The highest BCUT2D eigenvalue weighted by atomic mass is 127. The van der Waals surface area contributed by atoms with Gasteiger partial charge in [0.05, 0.1) is 0 Å². The third-order valence-corrected chi connectivity index (χ3v) is 4.52. The van der Waals surface area contributed by atoms with E-state index < -0.39 is 0 Å². The van der Waals surface area contributed by atoms with Crippen LogP contribution in [0.4, 0.5) is 5.69 Å². The molecule has 0 radical (unpaired) electrons. The van der Waals surface area contributed by atoms with E-state index in [0.29, 0.717) is 13.0 Å². The number of carbonyl (C=O) groups is 1. The normalized spacial score (nSPS) is 14.0. The summed E-state index contributed by atoms with van der Waals surface area (Å²) in [5.74, 6) is 0.887. The molecule has 1 aromatic carbocycles. The first-order valence-electron chi connectivity index (χ1n) is 9.72. The molecule has 0 atom stereocenters. The Morgan fingerprint density at radius 3 is 2.56 bits per heavy atom. The molecule has 0 spiro atoms. The van der Waals surface area contributed by atoms with Crippen molar-refractivity contribution in [3.63, 3.8) is 0 Å². The maximum absolute atomic E-state index is 11.6. The predicted molar refractivity (Wildman–Crippen MR) is 125 cm³/mol. The van der Waals surface area contributed by atoms with Gasteiger partial charge in [-0.05, 0) is 56.2 Å². The van der Waals surface area contributed by atoms with E-state index in [1.54, 1.807) is 12.6 Å². The Morgan fingerprint density at radius 1 is 1.15 bits per heavy atom. The molecule has 0 aromatic heterocycles. The van der Waals surface area contributed by atoms with Crippen LogP contribution in [0.2, 0.25) is 0 Å². The van der Waals surface area contributed by atoms with Gasteiger partial charge in [-0.1, -0.05) is 30.7 Å². The van der Waals surface area contributed by atoms with E-state index in [1.165, 1.54) is 25.7 Å². The van der Waals surface area contributed by atoms with Gasteiger partial charge in [0.25, 0.3) is 0 Å². The molecular formula is C21H33IN4O. The Bertz CT molecular complexity index is 626. The topological polar surface area (TPSA) is 65.5 Å². The van der Waals surface area contributed by atoms with E-state index in [9.17, 15) is 4.79 Å². The highest BCUT2D eigenvalue weighted by molar-refractivity contribution is 14.0. The van der Waals surface area contributed by atoms with Crippen LogP contribution < -0.4 is 16.0 Å². The average molecular weight is 484 g/mol. The van der Waals surface area contributed by atoms with Gasteiger partial charge in [0.1, 0.15) is 0 Å². The molecule has 5 nitrogen and oxygen atoms in total. The molecule has 0 fully saturated rings. The Hall–Kier alpha value is -1.57. The fraction of sp³-hybridized carbons (Fsp3) is 0.524. The molecule has 1 amide bonds. The summed E-state index contributed by atoms with van der Waals surface area (Å²) in [7, 11) is 1.79. The number of anilines is 1. The number of benzene rings is 1. The van der Waals surface area contributed by atoms with Crippen LogP contribution in [0.25, 0.3) is 0 Å². The molecule has 150 valence electrons. The molecular weight excluding hydrogens is 451 g/mol. The van der Waals surface area contributed by atoms with Gasteiger partial charge in [0.15, 0.2) is 5.96 Å². The minimum atomic E-state index is 0. The maximum Gasteiger partial charge on any atom is 0.224 e. The monoisotopic (exact) mass is 484 g/mol. The van der Waals surface area contributed by atoms with Crippen LogP contribution in [0.5, 0.6) is 0 Å². The first-order valence-corrected chi connectivity index (χ1v) is 9.72. The van der Waals surface area contributed by atoms with E-state index in [4.69, 9.17) is 0 Å². The highest BCUT2D eigenvalue weighted by Crippen LogP contribution is 2.19. The Labute approximate surface area is 180 Å². The molecule has 2 rings (SSSR count). The summed E-state index contributed by atoms with van der Waals surface area (Å²) in [4.78, 5) is 15.9. The van der Waals surface area contributed by atoms with Crippen molar-refractivity contribution in [3.05, 3.63) is 41.5 Å². The van der Waals surface area contributed by atoms with Crippen LogP contribution >= 0.6 is 24.0 Å². The standard InChI is InChI=1S/C21H32N4O.HI/c1-3-7-20(26)25-19-12-10-18(11-13-19)16-24-21(22-2)23-15-14-17-8-5-4-6-9-17;/h8,10-13H,3-7,9,14-16H2,1-2H3,(H,25,26)(H2,22,23,24);1H. The zero-order valence-corrected chi connectivity index (χ0v) is 18.8. The van der Waals surface area contributed by atoms with Crippen LogP contribution in [0, 0.1) is 0 Å². The molecule has 1 aliphatic rings. The second kappa shape index (κ2) is 13.6. The van der Waals surface area contributed by atoms with Crippen LogP contribution in [0.3, 0.4) is 0 Å². The summed E-state index contributed by atoms with van der Waals surface area (Å²) < 4.78 is 0. The number of guanidine groups is 1. The van der Waals surface area contributed by atoms with Crippen molar-refractivity contribution in [2.24, 2.45) is 4.99 Å². The van der Waals surface area contributed by atoms with Gasteiger partial charge in [-0.15, -0.1) is 24.0 Å². The lowest BCUT2D eigenvalue weighted by Gasteiger charge is -2.15. The number of halogens is 1. The van der Waals surface area contributed by atoms with Crippen molar-refractivity contribution in [1.29, 1.82) is 0 Å². The summed E-state index contributed by atoms with van der Waals surface area (Å²) in [6.45, 7) is 3.61. The van der Waals surface area contributed by atoms with E-state index >= 15 is 0 Å². The number of hydrogen-bond acceptors (Lipinski definition) is 2. The molecule has 27 heavy (non-hydrogen) atoms. The third kappa shape index (κ3) is 9.26. The number of rotatable bonds is 8. The zero-order chi connectivity index (χ0) is 18.6. The lowest BCUT2D eigenvalue weighted by atomic mass is 9.97. The van der Waals surface area contributed by atoms with Gasteiger partial charge in [0.2, 0.25) is 5.91 Å².